The fourth-order valence-electron chi connectivity index (χ4n) is 3.17. The molecule has 1 fully saturated rings. The van der Waals surface area contributed by atoms with Gasteiger partial charge >= 0.3 is 0 Å². The molecule has 1 unspecified atom stereocenters. The van der Waals surface area contributed by atoms with Crippen LogP contribution in [0.4, 0.5) is 0 Å². The number of carbonyl (C=O) groups is 2. The molecule has 27 heavy (non-hydrogen) atoms. The van der Waals surface area contributed by atoms with Gasteiger partial charge in [-0.3, -0.25) is 19.5 Å². The van der Waals surface area contributed by atoms with Crippen molar-refractivity contribution in [1.29, 1.82) is 0 Å². The second-order valence-electron chi connectivity index (χ2n) is 6.56. The minimum atomic E-state index is -0.493. The highest BCUT2D eigenvalue weighted by Crippen LogP contribution is 2.13. The van der Waals surface area contributed by atoms with E-state index in [9.17, 15) is 9.59 Å². The topological polar surface area (TPSA) is 105 Å². The van der Waals surface area contributed by atoms with Crippen molar-refractivity contribution >= 4 is 11.8 Å². The summed E-state index contributed by atoms with van der Waals surface area (Å²) in [7, 11) is 0. The fourth-order valence-corrected chi connectivity index (χ4v) is 3.17. The second kappa shape index (κ2) is 9.22. The van der Waals surface area contributed by atoms with E-state index in [-0.39, 0.29) is 18.2 Å². The molecular formula is C18H25N7O2. The standard InChI is InChI=1S/C18H25N7O2/c1-2-7-25-13-22-23-16(25)11-21-17(26)9-15-18(27)20-6-8-24(15)12-14-4-3-5-19-10-14/h3-5,10,13,15H,2,6-9,11-12H2,1H3,(H,20,27)(H,21,26). The number of aromatic nitrogens is 4. The molecule has 1 saturated heterocycles. The van der Waals surface area contributed by atoms with Crippen LogP contribution in [0.25, 0.3) is 0 Å². The van der Waals surface area contributed by atoms with Gasteiger partial charge in [0.2, 0.25) is 11.8 Å². The monoisotopic (exact) mass is 371 g/mol. The molecule has 2 amide bonds. The molecule has 1 atom stereocenters. The SMILES string of the molecule is CCCn1cnnc1CNC(=O)CC1C(=O)NCCN1Cc1cccnc1. The smallest absolute Gasteiger partial charge is 0.237 e. The largest absolute Gasteiger partial charge is 0.353 e. The molecule has 1 aliphatic rings. The molecule has 0 aliphatic carbocycles. The van der Waals surface area contributed by atoms with Gasteiger partial charge in [-0.05, 0) is 18.1 Å². The summed E-state index contributed by atoms with van der Waals surface area (Å²) < 4.78 is 1.92. The summed E-state index contributed by atoms with van der Waals surface area (Å²) in [5, 5.41) is 13.6. The van der Waals surface area contributed by atoms with Gasteiger partial charge in [-0.25, -0.2) is 0 Å². The molecule has 3 rings (SSSR count). The van der Waals surface area contributed by atoms with Crippen molar-refractivity contribution in [2.45, 2.75) is 45.4 Å². The highest BCUT2D eigenvalue weighted by molar-refractivity contribution is 5.88. The highest BCUT2D eigenvalue weighted by Gasteiger charge is 2.31. The van der Waals surface area contributed by atoms with Crippen molar-refractivity contribution in [2.24, 2.45) is 0 Å². The number of carbonyl (C=O) groups excluding carboxylic acids is 2. The molecule has 2 N–H and O–H groups in total. The number of nitrogens with one attached hydrogen (secondary N) is 2. The Bertz CT molecular complexity index is 762. The predicted molar refractivity (Wildman–Crippen MR) is 98.2 cm³/mol. The van der Waals surface area contributed by atoms with Gasteiger partial charge < -0.3 is 15.2 Å². The van der Waals surface area contributed by atoms with Gasteiger partial charge in [0.05, 0.1) is 19.0 Å². The van der Waals surface area contributed by atoms with Crippen molar-refractivity contribution in [3.63, 3.8) is 0 Å². The maximum absolute atomic E-state index is 12.4. The average Bonchev–Trinajstić information content (AvgIpc) is 3.11. The number of hydrogen-bond acceptors (Lipinski definition) is 6. The summed E-state index contributed by atoms with van der Waals surface area (Å²) >= 11 is 0. The third kappa shape index (κ3) is 5.10. The van der Waals surface area contributed by atoms with Crippen molar-refractivity contribution in [1.82, 2.24) is 35.3 Å². The van der Waals surface area contributed by atoms with Crippen LogP contribution in [0.5, 0.6) is 0 Å². The maximum Gasteiger partial charge on any atom is 0.237 e. The van der Waals surface area contributed by atoms with E-state index >= 15 is 0 Å². The zero-order chi connectivity index (χ0) is 19.1. The van der Waals surface area contributed by atoms with Crippen LogP contribution < -0.4 is 10.6 Å². The zero-order valence-corrected chi connectivity index (χ0v) is 15.5. The number of nitrogens with zero attached hydrogens (tertiary/aromatic N) is 5. The van der Waals surface area contributed by atoms with Crippen LogP contribution >= 0.6 is 0 Å². The first-order valence-corrected chi connectivity index (χ1v) is 9.21. The van der Waals surface area contributed by atoms with E-state index in [4.69, 9.17) is 0 Å². The molecule has 2 aromatic rings. The van der Waals surface area contributed by atoms with Crippen LogP contribution in [0.1, 0.15) is 31.2 Å². The van der Waals surface area contributed by atoms with Gasteiger partial charge in [-0.2, -0.15) is 0 Å². The molecule has 9 nitrogen and oxygen atoms in total. The van der Waals surface area contributed by atoms with Crippen molar-refractivity contribution in [3.05, 3.63) is 42.2 Å². The normalized spacial score (nSPS) is 17.5. The summed E-state index contributed by atoms with van der Waals surface area (Å²) in [4.78, 5) is 30.9. The minimum absolute atomic E-state index is 0.105. The summed E-state index contributed by atoms with van der Waals surface area (Å²) in [5.74, 6) is 0.416. The lowest BCUT2D eigenvalue weighted by molar-refractivity contribution is -0.134. The highest BCUT2D eigenvalue weighted by atomic mass is 16.2. The summed E-state index contributed by atoms with van der Waals surface area (Å²) in [5.41, 5.74) is 1.02. The molecular weight excluding hydrogens is 346 g/mol. The molecule has 0 aromatic carbocycles. The maximum atomic E-state index is 12.4. The Balaban J connectivity index is 1.58. The van der Waals surface area contributed by atoms with Crippen LogP contribution in [-0.4, -0.2) is 55.6 Å². The average molecular weight is 371 g/mol. The van der Waals surface area contributed by atoms with E-state index in [1.165, 1.54) is 0 Å². The Labute approximate surface area is 158 Å². The first-order valence-electron chi connectivity index (χ1n) is 9.21. The summed E-state index contributed by atoms with van der Waals surface area (Å²) in [6, 6.07) is 3.34. The van der Waals surface area contributed by atoms with Gasteiger partial charge in [0.25, 0.3) is 0 Å². The van der Waals surface area contributed by atoms with Gasteiger partial charge in [-0.15, -0.1) is 10.2 Å². The van der Waals surface area contributed by atoms with E-state index in [1.807, 2.05) is 21.6 Å². The van der Waals surface area contributed by atoms with Crippen molar-refractivity contribution in [3.8, 4) is 0 Å². The Kier molecular flexibility index (Phi) is 6.48. The number of aryl methyl sites for hydroxylation is 1. The number of rotatable bonds is 8. The summed E-state index contributed by atoms with van der Waals surface area (Å²) in [6.07, 6.45) is 6.23. The Morgan fingerprint density at radius 3 is 3.11 bits per heavy atom. The number of hydrogen-bond donors (Lipinski definition) is 2. The quantitative estimate of drug-likeness (QED) is 0.681. The lowest BCUT2D eigenvalue weighted by Gasteiger charge is -2.34. The van der Waals surface area contributed by atoms with E-state index < -0.39 is 6.04 Å². The van der Waals surface area contributed by atoms with Gasteiger partial charge in [0, 0.05) is 38.6 Å². The molecule has 0 spiro atoms. The van der Waals surface area contributed by atoms with Crippen LogP contribution in [0.15, 0.2) is 30.9 Å². The number of amides is 2. The predicted octanol–water partition coefficient (Wildman–Crippen LogP) is 0.0900. The lowest BCUT2D eigenvalue weighted by Crippen LogP contribution is -2.56. The Morgan fingerprint density at radius 1 is 1.44 bits per heavy atom. The lowest BCUT2D eigenvalue weighted by atomic mass is 10.1. The van der Waals surface area contributed by atoms with Gasteiger partial charge in [0.15, 0.2) is 5.82 Å². The zero-order valence-electron chi connectivity index (χ0n) is 15.5. The Hall–Kier alpha value is -2.81. The van der Waals surface area contributed by atoms with Gasteiger partial charge in [-0.1, -0.05) is 13.0 Å². The number of pyridine rings is 1. The molecule has 9 heteroatoms. The van der Waals surface area contributed by atoms with Crippen LogP contribution in [0.3, 0.4) is 0 Å². The molecule has 144 valence electrons. The Morgan fingerprint density at radius 2 is 2.33 bits per heavy atom. The van der Waals surface area contributed by atoms with E-state index in [0.717, 1.165) is 18.5 Å². The van der Waals surface area contributed by atoms with Crippen molar-refractivity contribution in [2.75, 3.05) is 13.1 Å². The summed E-state index contributed by atoms with van der Waals surface area (Å²) in [6.45, 7) is 5.05. The molecule has 1 aliphatic heterocycles. The fraction of sp³-hybridized carbons (Fsp3) is 0.500. The van der Waals surface area contributed by atoms with Gasteiger partial charge in [0.1, 0.15) is 6.33 Å². The molecule has 2 aromatic heterocycles. The van der Waals surface area contributed by atoms with E-state index in [2.05, 4.69) is 32.7 Å². The third-order valence-corrected chi connectivity index (χ3v) is 4.53. The number of piperazine rings is 1. The van der Waals surface area contributed by atoms with E-state index in [0.29, 0.717) is 32.0 Å². The second-order valence-corrected chi connectivity index (χ2v) is 6.56. The molecule has 3 heterocycles. The molecule has 0 radical (unpaired) electrons. The van der Waals surface area contributed by atoms with E-state index in [1.54, 1.807) is 18.7 Å². The van der Waals surface area contributed by atoms with Crippen LogP contribution in [0.2, 0.25) is 0 Å². The minimum Gasteiger partial charge on any atom is -0.353 e. The van der Waals surface area contributed by atoms with Crippen molar-refractivity contribution < 1.29 is 9.59 Å². The first-order chi connectivity index (χ1) is 13.2. The molecule has 0 bridgehead atoms. The molecule has 0 saturated carbocycles. The third-order valence-electron chi connectivity index (χ3n) is 4.53. The van der Waals surface area contributed by atoms with Crippen LogP contribution in [-0.2, 0) is 29.2 Å². The first kappa shape index (κ1) is 19.0. The van der Waals surface area contributed by atoms with Crippen LogP contribution in [0, 0.1) is 0 Å².